The molecule has 0 saturated heterocycles. The van der Waals surface area contributed by atoms with Crippen LogP contribution < -0.4 is 5.32 Å². The predicted molar refractivity (Wildman–Crippen MR) is 43.5 cm³/mol. The van der Waals surface area contributed by atoms with Crippen LogP contribution in [0.4, 0.5) is 4.79 Å². The monoisotopic (exact) mass is 158 g/mol. The lowest BCUT2D eigenvalue weighted by atomic mass is 10.2. The summed E-state index contributed by atoms with van der Waals surface area (Å²) in [6, 6.07) is 0. The Kier molecular flexibility index (Phi) is 6.89. The lowest BCUT2D eigenvalue weighted by Gasteiger charge is -2.00. The second kappa shape index (κ2) is 7.38. The standard InChI is InChI=1S/C8H16NO2/c1-3-4-5-6-7-11-8(10)9-2/h3-7H2,1-2H3. The summed E-state index contributed by atoms with van der Waals surface area (Å²) in [4.78, 5) is 10.5. The van der Waals surface area contributed by atoms with Crippen molar-refractivity contribution in [1.29, 1.82) is 0 Å². The molecular formula is C8H16NO2. The molecule has 0 aromatic carbocycles. The number of nitrogens with zero attached hydrogens (tertiary/aromatic N) is 1. The number of unbranched alkanes of at least 4 members (excludes halogenated alkanes) is 3. The van der Waals surface area contributed by atoms with E-state index >= 15 is 0 Å². The first-order valence-electron chi connectivity index (χ1n) is 4.07. The van der Waals surface area contributed by atoms with Crippen LogP contribution in [-0.2, 0) is 4.74 Å². The first-order valence-corrected chi connectivity index (χ1v) is 4.07. The second-order valence-corrected chi connectivity index (χ2v) is 2.40. The molecule has 0 unspecified atom stereocenters. The fourth-order valence-electron chi connectivity index (χ4n) is 0.753. The Hall–Kier alpha value is -0.730. The van der Waals surface area contributed by atoms with Gasteiger partial charge in [0, 0.05) is 7.05 Å². The predicted octanol–water partition coefficient (Wildman–Crippen LogP) is 1.94. The van der Waals surface area contributed by atoms with Crippen LogP contribution in [-0.4, -0.2) is 19.7 Å². The lowest BCUT2D eigenvalue weighted by Crippen LogP contribution is -2.12. The number of hydrogen-bond donors (Lipinski definition) is 0. The minimum absolute atomic E-state index is 0.457. The first kappa shape index (κ1) is 10.3. The largest absolute Gasteiger partial charge is 0.448 e. The van der Waals surface area contributed by atoms with E-state index in [1.165, 1.54) is 19.9 Å². The fraction of sp³-hybridized carbons (Fsp3) is 0.875. The third-order valence-electron chi connectivity index (χ3n) is 1.41. The summed E-state index contributed by atoms with van der Waals surface area (Å²) in [7, 11) is 1.44. The molecule has 0 aromatic heterocycles. The van der Waals surface area contributed by atoms with E-state index in [-0.39, 0.29) is 0 Å². The molecule has 3 heteroatoms. The van der Waals surface area contributed by atoms with Gasteiger partial charge in [-0.3, -0.25) is 0 Å². The highest BCUT2D eigenvalue weighted by molar-refractivity contribution is 5.66. The van der Waals surface area contributed by atoms with Crippen molar-refractivity contribution in [2.24, 2.45) is 0 Å². The number of rotatable bonds is 5. The SMILES string of the molecule is CCCCCCOC(=O)[N]C. The summed E-state index contributed by atoms with van der Waals surface area (Å²) >= 11 is 0. The first-order chi connectivity index (χ1) is 5.31. The maximum absolute atomic E-state index is 10.5. The molecule has 0 spiro atoms. The average Bonchev–Trinajstić information content (AvgIpc) is 2.04. The molecule has 0 atom stereocenters. The van der Waals surface area contributed by atoms with Crippen molar-refractivity contribution in [3.63, 3.8) is 0 Å². The molecule has 0 rings (SSSR count). The Balaban J connectivity index is 2.95. The van der Waals surface area contributed by atoms with E-state index in [0.29, 0.717) is 6.61 Å². The van der Waals surface area contributed by atoms with Gasteiger partial charge in [0.1, 0.15) is 0 Å². The molecule has 0 saturated carbocycles. The number of hydrogen-bond acceptors (Lipinski definition) is 2. The van der Waals surface area contributed by atoms with Gasteiger partial charge in [-0.2, -0.15) is 0 Å². The Morgan fingerprint density at radius 2 is 2.09 bits per heavy atom. The lowest BCUT2D eigenvalue weighted by molar-refractivity contribution is 0.145. The van der Waals surface area contributed by atoms with Crippen LogP contribution in [0.5, 0.6) is 0 Å². The summed E-state index contributed by atoms with van der Waals surface area (Å²) in [5, 5.41) is 3.35. The summed E-state index contributed by atoms with van der Waals surface area (Å²) in [6.45, 7) is 2.66. The fourth-order valence-corrected chi connectivity index (χ4v) is 0.753. The van der Waals surface area contributed by atoms with Crippen molar-refractivity contribution >= 4 is 6.09 Å². The van der Waals surface area contributed by atoms with Gasteiger partial charge in [0.05, 0.1) is 6.61 Å². The van der Waals surface area contributed by atoms with Crippen molar-refractivity contribution in [3.05, 3.63) is 0 Å². The molecule has 1 radical (unpaired) electrons. The molecule has 0 heterocycles. The molecule has 0 aliphatic rings. The Morgan fingerprint density at radius 1 is 1.36 bits per heavy atom. The molecule has 65 valence electrons. The zero-order valence-corrected chi connectivity index (χ0v) is 7.30. The molecule has 11 heavy (non-hydrogen) atoms. The van der Waals surface area contributed by atoms with Crippen LogP contribution in [0, 0.1) is 0 Å². The molecule has 0 aromatic rings. The van der Waals surface area contributed by atoms with Gasteiger partial charge in [-0.05, 0) is 6.42 Å². The molecule has 0 N–H and O–H groups in total. The zero-order chi connectivity index (χ0) is 8.53. The average molecular weight is 158 g/mol. The van der Waals surface area contributed by atoms with Crippen molar-refractivity contribution in [2.75, 3.05) is 13.7 Å². The van der Waals surface area contributed by atoms with Crippen LogP contribution >= 0.6 is 0 Å². The molecular weight excluding hydrogens is 142 g/mol. The molecule has 0 bridgehead atoms. The maximum Gasteiger partial charge on any atom is 0.428 e. The summed E-state index contributed by atoms with van der Waals surface area (Å²) in [5.74, 6) is 0. The zero-order valence-electron chi connectivity index (χ0n) is 7.30. The van der Waals surface area contributed by atoms with Crippen LogP contribution in [0.25, 0.3) is 0 Å². The highest BCUT2D eigenvalue weighted by atomic mass is 16.5. The van der Waals surface area contributed by atoms with Gasteiger partial charge >= 0.3 is 6.09 Å². The minimum atomic E-state index is -0.457. The van der Waals surface area contributed by atoms with Gasteiger partial charge in [-0.15, -0.1) is 0 Å². The van der Waals surface area contributed by atoms with Crippen molar-refractivity contribution in [2.45, 2.75) is 32.6 Å². The van der Waals surface area contributed by atoms with Gasteiger partial charge in [0.25, 0.3) is 0 Å². The second-order valence-electron chi connectivity index (χ2n) is 2.40. The molecule has 0 fully saturated rings. The quantitative estimate of drug-likeness (QED) is 0.573. The van der Waals surface area contributed by atoms with E-state index in [2.05, 4.69) is 12.2 Å². The summed E-state index contributed by atoms with van der Waals surface area (Å²) in [5.41, 5.74) is 0. The minimum Gasteiger partial charge on any atom is -0.448 e. The van der Waals surface area contributed by atoms with Crippen LogP contribution in [0.1, 0.15) is 32.6 Å². The van der Waals surface area contributed by atoms with Crippen LogP contribution in [0.15, 0.2) is 0 Å². The van der Waals surface area contributed by atoms with E-state index < -0.39 is 6.09 Å². The maximum atomic E-state index is 10.5. The summed E-state index contributed by atoms with van der Waals surface area (Å²) < 4.78 is 4.73. The molecule has 3 nitrogen and oxygen atoms in total. The van der Waals surface area contributed by atoms with Gasteiger partial charge in [-0.25, -0.2) is 10.1 Å². The Bertz CT molecular complexity index is 104. The van der Waals surface area contributed by atoms with E-state index in [1.807, 2.05) is 0 Å². The molecule has 1 amide bonds. The van der Waals surface area contributed by atoms with Gasteiger partial charge in [0.2, 0.25) is 0 Å². The third-order valence-corrected chi connectivity index (χ3v) is 1.41. The van der Waals surface area contributed by atoms with Crippen molar-refractivity contribution in [1.82, 2.24) is 5.32 Å². The Morgan fingerprint density at radius 3 is 2.64 bits per heavy atom. The van der Waals surface area contributed by atoms with E-state index in [9.17, 15) is 4.79 Å². The smallest absolute Gasteiger partial charge is 0.428 e. The van der Waals surface area contributed by atoms with Crippen molar-refractivity contribution < 1.29 is 9.53 Å². The topological polar surface area (TPSA) is 40.4 Å². The van der Waals surface area contributed by atoms with Crippen LogP contribution in [0.2, 0.25) is 0 Å². The van der Waals surface area contributed by atoms with Gasteiger partial charge in [0.15, 0.2) is 0 Å². The summed E-state index contributed by atoms with van der Waals surface area (Å²) in [6.07, 6.45) is 4.04. The van der Waals surface area contributed by atoms with Gasteiger partial charge < -0.3 is 4.74 Å². The normalized spacial score (nSPS) is 9.27. The third kappa shape index (κ3) is 7.16. The van der Waals surface area contributed by atoms with E-state index in [4.69, 9.17) is 4.74 Å². The van der Waals surface area contributed by atoms with E-state index in [0.717, 1.165) is 12.8 Å². The number of ether oxygens (including phenoxy) is 1. The van der Waals surface area contributed by atoms with Gasteiger partial charge in [-0.1, -0.05) is 26.2 Å². The van der Waals surface area contributed by atoms with Crippen molar-refractivity contribution in [3.8, 4) is 0 Å². The molecule has 0 aliphatic carbocycles. The highest BCUT2D eigenvalue weighted by Gasteiger charge is 1.96. The van der Waals surface area contributed by atoms with Crippen LogP contribution in [0.3, 0.4) is 0 Å². The number of carbonyl (C=O) groups is 1. The number of amides is 1. The number of carbonyl (C=O) groups excluding carboxylic acids is 1. The highest BCUT2D eigenvalue weighted by Crippen LogP contribution is 1.98. The Labute approximate surface area is 68.1 Å². The van der Waals surface area contributed by atoms with E-state index in [1.54, 1.807) is 0 Å². The molecule has 0 aliphatic heterocycles.